The molecule has 8 heteroatoms. The second kappa shape index (κ2) is 11.3. The van der Waals surface area contributed by atoms with Gasteiger partial charge in [-0.1, -0.05) is 29.8 Å². The second-order valence-corrected chi connectivity index (χ2v) is 8.09. The molecule has 33 heavy (non-hydrogen) atoms. The molecule has 6 nitrogen and oxygen atoms in total. The maximum absolute atomic E-state index is 13.4. The minimum atomic E-state index is -0.00899. The van der Waals surface area contributed by atoms with Gasteiger partial charge in [0.1, 0.15) is 5.65 Å². The van der Waals surface area contributed by atoms with Gasteiger partial charge in [0.25, 0.3) is 0 Å². The van der Waals surface area contributed by atoms with Crippen LogP contribution in [-0.4, -0.2) is 45.4 Å². The molecule has 3 heterocycles. The maximum atomic E-state index is 13.4. The Bertz CT molecular complexity index is 1210. The van der Waals surface area contributed by atoms with E-state index < -0.39 is 0 Å². The van der Waals surface area contributed by atoms with Crippen molar-refractivity contribution in [3.05, 3.63) is 89.0 Å². The second-order valence-electron chi connectivity index (χ2n) is 7.65. The zero-order chi connectivity index (χ0) is 22.5. The molecule has 0 aliphatic heterocycles. The number of hydrogen-bond acceptors (Lipinski definition) is 4. The summed E-state index contributed by atoms with van der Waals surface area (Å²) < 4.78 is 7.23. The Morgan fingerprint density at radius 1 is 1.15 bits per heavy atom. The smallest absolute Gasteiger partial charge is 0.229 e. The van der Waals surface area contributed by atoms with Crippen molar-refractivity contribution in [1.82, 2.24) is 19.3 Å². The third-order valence-electron chi connectivity index (χ3n) is 5.31. The number of aryl methyl sites for hydroxylation is 1. The van der Waals surface area contributed by atoms with E-state index in [1.807, 2.05) is 72.1 Å². The number of methoxy groups -OCH3 is 1. The maximum Gasteiger partial charge on any atom is 0.229 e. The molecule has 0 atom stereocenters. The number of imidazole rings is 1. The van der Waals surface area contributed by atoms with Crippen LogP contribution < -0.4 is 0 Å². The summed E-state index contributed by atoms with van der Waals surface area (Å²) in [6.45, 7) is 3.39. The van der Waals surface area contributed by atoms with Crippen molar-refractivity contribution in [2.24, 2.45) is 0 Å². The Labute approximate surface area is 204 Å². The molecule has 0 spiro atoms. The normalized spacial score (nSPS) is 10.8. The first-order valence-corrected chi connectivity index (χ1v) is 10.8. The quantitative estimate of drug-likeness (QED) is 0.353. The Kier molecular flexibility index (Phi) is 8.44. The summed E-state index contributed by atoms with van der Waals surface area (Å²) in [5.41, 5.74) is 5.31. The summed E-state index contributed by atoms with van der Waals surface area (Å²) in [6, 6.07) is 17.3. The molecule has 0 saturated heterocycles. The lowest BCUT2D eigenvalue weighted by Gasteiger charge is -2.22. The van der Waals surface area contributed by atoms with E-state index in [1.165, 1.54) is 0 Å². The molecular formula is C25H26Cl2N4O2. The number of fused-ring (bicyclic) bond motifs is 1. The van der Waals surface area contributed by atoms with Gasteiger partial charge in [-0.15, -0.1) is 12.4 Å². The summed E-state index contributed by atoms with van der Waals surface area (Å²) in [5.74, 6) is -0.00899. The first-order valence-electron chi connectivity index (χ1n) is 10.5. The van der Waals surface area contributed by atoms with Crippen molar-refractivity contribution >= 4 is 35.6 Å². The number of carbonyl (C=O) groups excluding carboxylic acids is 1. The molecule has 1 amide bonds. The van der Waals surface area contributed by atoms with Crippen molar-refractivity contribution < 1.29 is 9.53 Å². The fourth-order valence-electron chi connectivity index (χ4n) is 3.64. The van der Waals surface area contributed by atoms with Crippen LogP contribution in [0.1, 0.15) is 17.0 Å². The van der Waals surface area contributed by atoms with Gasteiger partial charge in [0, 0.05) is 36.6 Å². The fraction of sp³-hybridized carbons (Fsp3) is 0.240. The van der Waals surface area contributed by atoms with Gasteiger partial charge in [-0.2, -0.15) is 0 Å². The van der Waals surface area contributed by atoms with Crippen molar-refractivity contribution in [2.45, 2.75) is 19.9 Å². The number of halogens is 2. The molecule has 4 aromatic rings. The Morgan fingerprint density at radius 2 is 1.94 bits per heavy atom. The molecule has 0 bridgehead atoms. The molecule has 0 aliphatic rings. The summed E-state index contributed by atoms with van der Waals surface area (Å²) in [4.78, 5) is 24.5. The van der Waals surface area contributed by atoms with Crippen LogP contribution in [0.2, 0.25) is 5.02 Å². The number of nitrogens with zero attached hydrogens (tertiary/aromatic N) is 4. The number of rotatable bonds is 8. The highest BCUT2D eigenvalue weighted by molar-refractivity contribution is 6.30. The standard InChI is InChI=1S/C25H25ClN4O2.ClH/c1-18-10-12-30-22(25(28-23(30)15-18)19-6-8-20(26)9-7-19)16-24(31)29(13-14-32-2)17-21-5-3-4-11-27-21;/h3-12,15H,13-14,16-17H2,1-2H3;1H. The van der Waals surface area contributed by atoms with Crippen LogP contribution >= 0.6 is 24.0 Å². The van der Waals surface area contributed by atoms with Gasteiger partial charge >= 0.3 is 0 Å². The monoisotopic (exact) mass is 484 g/mol. The van der Waals surface area contributed by atoms with Crippen molar-refractivity contribution in [1.29, 1.82) is 0 Å². The van der Waals surface area contributed by atoms with Crippen molar-refractivity contribution in [2.75, 3.05) is 20.3 Å². The number of ether oxygens (including phenoxy) is 1. The number of carbonyl (C=O) groups is 1. The number of aromatic nitrogens is 3. The van der Waals surface area contributed by atoms with Crippen LogP contribution in [0.4, 0.5) is 0 Å². The molecule has 0 radical (unpaired) electrons. The van der Waals surface area contributed by atoms with Gasteiger partial charge in [0.2, 0.25) is 5.91 Å². The molecule has 4 rings (SSSR count). The van der Waals surface area contributed by atoms with E-state index >= 15 is 0 Å². The van der Waals surface area contributed by atoms with Gasteiger partial charge in [-0.25, -0.2) is 4.98 Å². The molecule has 1 aromatic carbocycles. The lowest BCUT2D eigenvalue weighted by atomic mass is 10.1. The summed E-state index contributed by atoms with van der Waals surface area (Å²) >= 11 is 6.09. The topological polar surface area (TPSA) is 59.7 Å². The van der Waals surface area contributed by atoms with E-state index in [-0.39, 0.29) is 24.7 Å². The van der Waals surface area contributed by atoms with Gasteiger partial charge in [-0.3, -0.25) is 9.78 Å². The Hall–Kier alpha value is -2.93. The van der Waals surface area contributed by atoms with Gasteiger partial charge < -0.3 is 14.0 Å². The van der Waals surface area contributed by atoms with Crippen LogP contribution in [0.5, 0.6) is 0 Å². The third kappa shape index (κ3) is 5.90. The average Bonchev–Trinajstić information content (AvgIpc) is 3.15. The highest BCUT2D eigenvalue weighted by Gasteiger charge is 2.21. The van der Waals surface area contributed by atoms with Gasteiger partial charge in [0.05, 0.1) is 36.7 Å². The predicted octanol–water partition coefficient (Wildman–Crippen LogP) is 5.00. The largest absolute Gasteiger partial charge is 0.383 e. The van der Waals surface area contributed by atoms with Crippen LogP contribution in [0.25, 0.3) is 16.9 Å². The van der Waals surface area contributed by atoms with E-state index in [0.717, 1.165) is 33.9 Å². The highest BCUT2D eigenvalue weighted by atomic mass is 35.5. The molecule has 0 unspecified atom stereocenters. The fourth-order valence-corrected chi connectivity index (χ4v) is 3.77. The first kappa shape index (κ1) is 24.7. The van der Waals surface area contributed by atoms with E-state index in [2.05, 4.69) is 4.98 Å². The molecule has 0 aliphatic carbocycles. The zero-order valence-corrected chi connectivity index (χ0v) is 20.1. The van der Waals surface area contributed by atoms with Gasteiger partial charge in [-0.05, 0) is 48.9 Å². The molecule has 172 valence electrons. The minimum absolute atomic E-state index is 0. The lowest BCUT2D eigenvalue weighted by molar-refractivity contribution is -0.131. The lowest BCUT2D eigenvalue weighted by Crippen LogP contribution is -2.35. The predicted molar refractivity (Wildman–Crippen MR) is 133 cm³/mol. The zero-order valence-electron chi connectivity index (χ0n) is 18.6. The molecule has 3 aromatic heterocycles. The van der Waals surface area contributed by atoms with Crippen molar-refractivity contribution in [3.63, 3.8) is 0 Å². The van der Waals surface area contributed by atoms with Crippen LogP contribution in [0.15, 0.2) is 67.0 Å². The summed E-state index contributed by atoms with van der Waals surface area (Å²) in [7, 11) is 1.63. The first-order chi connectivity index (χ1) is 15.5. The van der Waals surface area contributed by atoms with E-state index in [1.54, 1.807) is 18.2 Å². The summed E-state index contributed by atoms with van der Waals surface area (Å²) in [6.07, 6.45) is 3.91. The average molecular weight is 485 g/mol. The minimum Gasteiger partial charge on any atom is -0.383 e. The van der Waals surface area contributed by atoms with Crippen LogP contribution in [0.3, 0.4) is 0 Å². The molecule has 0 saturated carbocycles. The number of hydrogen-bond donors (Lipinski definition) is 0. The van der Waals surface area contributed by atoms with E-state index in [9.17, 15) is 4.79 Å². The SMILES string of the molecule is COCCN(Cc1ccccn1)C(=O)Cc1c(-c2ccc(Cl)cc2)nc2cc(C)ccn12.Cl. The molecular weight excluding hydrogens is 459 g/mol. The Morgan fingerprint density at radius 3 is 2.64 bits per heavy atom. The van der Waals surface area contributed by atoms with E-state index in [0.29, 0.717) is 24.7 Å². The molecule has 0 fully saturated rings. The Balaban J connectivity index is 0.00000306. The van der Waals surface area contributed by atoms with Gasteiger partial charge in [0.15, 0.2) is 0 Å². The van der Waals surface area contributed by atoms with Crippen molar-refractivity contribution in [3.8, 4) is 11.3 Å². The van der Waals surface area contributed by atoms with Crippen LogP contribution in [-0.2, 0) is 22.5 Å². The summed E-state index contributed by atoms with van der Waals surface area (Å²) in [5, 5.41) is 0.659. The highest BCUT2D eigenvalue weighted by Crippen LogP contribution is 2.27. The number of pyridine rings is 2. The number of amides is 1. The van der Waals surface area contributed by atoms with Crippen LogP contribution in [0, 0.1) is 6.92 Å². The third-order valence-corrected chi connectivity index (χ3v) is 5.57. The number of benzene rings is 1. The molecule has 0 N–H and O–H groups in total. The van der Waals surface area contributed by atoms with E-state index in [4.69, 9.17) is 21.3 Å².